The van der Waals surface area contributed by atoms with Crippen LogP contribution in [0.1, 0.15) is 40.1 Å². The van der Waals surface area contributed by atoms with Crippen molar-refractivity contribution in [3.63, 3.8) is 0 Å². The maximum absolute atomic E-state index is 14.4. The topological polar surface area (TPSA) is 90.5 Å². The van der Waals surface area contributed by atoms with Crippen LogP contribution in [0.2, 0.25) is 0 Å². The van der Waals surface area contributed by atoms with E-state index in [1.165, 1.54) is 18.2 Å². The zero-order valence-electron chi connectivity index (χ0n) is 21.1. The lowest BCUT2D eigenvalue weighted by Gasteiger charge is -2.35. The van der Waals surface area contributed by atoms with Crippen molar-refractivity contribution in [3.8, 4) is 5.75 Å². The van der Waals surface area contributed by atoms with Gasteiger partial charge in [-0.3, -0.25) is 4.90 Å². The first-order valence-electron chi connectivity index (χ1n) is 12.0. The normalized spacial score (nSPS) is 12.4. The third kappa shape index (κ3) is 7.93. The first-order valence-corrected chi connectivity index (χ1v) is 12.0. The summed E-state index contributed by atoms with van der Waals surface area (Å²) in [7, 11) is 1.63. The van der Waals surface area contributed by atoms with Crippen LogP contribution in [0.4, 0.5) is 8.78 Å². The van der Waals surface area contributed by atoms with E-state index in [0.29, 0.717) is 18.7 Å². The lowest BCUT2D eigenvalue weighted by molar-refractivity contribution is 0.126. The fourth-order valence-electron chi connectivity index (χ4n) is 3.82. The summed E-state index contributed by atoms with van der Waals surface area (Å²) in [6, 6.07) is 28.5. The molecular formula is C30H34F2N4O. The third-order valence-electron chi connectivity index (χ3n) is 6.01. The predicted octanol–water partition coefficient (Wildman–Crippen LogP) is 5.54. The van der Waals surface area contributed by atoms with Gasteiger partial charge in [0, 0.05) is 18.7 Å². The highest BCUT2D eigenvalue weighted by atomic mass is 19.1. The second-order valence-electron chi connectivity index (χ2n) is 8.68. The fourth-order valence-corrected chi connectivity index (χ4v) is 3.82. The van der Waals surface area contributed by atoms with Gasteiger partial charge < -0.3 is 21.9 Å². The molecule has 0 spiro atoms. The van der Waals surface area contributed by atoms with Crippen LogP contribution in [-0.4, -0.2) is 12.0 Å². The maximum Gasteiger partial charge on any atom is 0.129 e. The van der Waals surface area contributed by atoms with Gasteiger partial charge in [-0.25, -0.2) is 8.78 Å². The smallest absolute Gasteiger partial charge is 0.129 e. The van der Waals surface area contributed by atoms with Crippen LogP contribution in [0.15, 0.2) is 97.1 Å². The number of hydrogen-bond acceptors (Lipinski definition) is 5. The molecule has 4 aromatic carbocycles. The Morgan fingerprint density at radius 1 is 0.784 bits per heavy atom. The average molecular weight is 505 g/mol. The number of halogens is 2. The quantitative estimate of drug-likeness (QED) is 0.274. The summed E-state index contributed by atoms with van der Waals surface area (Å²) in [5.41, 5.74) is 22.7. The molecule has 0 radical (unpaired) electrons. The molecule has 37 heavy (non-hydrogen) atoms. The lowest BCUT2D eigenvalue weighted by Crippen LogP contribution is -2.41. The number of nitrogens with zero attached hydrogens (tertiary/aromatic N) is 1. The minimum absolute atomic E-state index is 0.224. The zero-order valence-corrected chi connectivity index (χ0v) is 21.1. The highest BCUT2D eigenvalue weighted by molar-refractivity contribution is 5.29. The highest BCUT2D eigenvalue weighted by Crippen LogP contribution is 2.28. The van der Waals surface area contributed by atoms with Gasteiger partial charge in [0.1, 0.15) is 17.4 Å². The first-order chi connectivity index (χ1) is 17.8. The Labute approximate surface area is 217 Å². The highest BCUT2D eigenvalue weighted by Gasteiger charge is 2.25. The molecule has 0 heterocycles. The van der Waals surface area contributed by atoms with Gasteiger partial charge in [-0.2, -0.15) is 0 Å². The standard InChI is InChI=1S/C23H26FN3O.C7H8FN/c1-16-7-11-18(12-8-16)22(25)27(15-17-9-13-19(28-2)14-10-17)23(26)20-5-3-4-6-21(20)24;8-7-3-1-2-6(4-7)5-9/h3-14,22-23H,15,25-26H2,1-2H3;1-4H,5,9H2. The van der Waals surface area contributed by atoms with Crippen LogP contribution in [-0.2, 0) is 13.1 Å². The largest absolute Gasteiger partial charge is 0.497 e. The summed E-state index contributed by atoms with van der Waals surface area (Å²) in [5.74, 6) is 0.209. The molecule has 0 saturated heterocycles. The predicted molar refractivity (Wildman–Crippen MR) is 144 cm³/mol. The molecule has 7 heteroatoms. The van der Waals surface area contributed by atoms with Gasteiger partial charge in [0.25, 0.3) is 0 Å². The molecule has 2 unspecified atom stereocenters. The van der Waals surface area contributed by atoms with Crippen LogP contribution in [0.3, 0.4) is 0 Å². The van der Waals surface area contributed by atoms with Gasteiger partial charge in [0.15, 0.2) is 0 Å². The van der Waals surface area contributed by atoms with Gasteiger partial charge in [0.2, 0.25) is 0 Å². The summed E-state index contributed by atoms with van der Waals surface area (Å²) in [6.45, 7) is 2.89. The van der Waals surface area contributed by atoms with E-state index < -0.39 is 12.3 Å². The molecular weight excluding hydrogens is 470 g/mol. The number of methoxy groups -OCH3 is 1. The van der Waals surface area contributed by atoms with E-state index in [2.05, 4.69) is 0 Å². The van der Waals surface area contributed by atoms with Crippen LogP contribution in [0, 0.1) is 18.6 Å². The Balaban J connectivity index is 0.000000356. The molecule has 4 rings (SSSR count). The molecule has 0 aliphatic rings. The van der Waals surface area contributed by atoms with Gasteiger partial charge in [-0.05, 0) is 53.9 Å². The summed E-state index contributed by atoms with van der Waals surface area (Å²) in [5, 5.41) is 0. The number of benzene rings is 4. The van der Waals surface area contributed by atoms with E-state index >= 15 is 0 Å². The number of nitrogens with two attached hydrogens (primary N) is 3. The molecule has 0 aromatic heterocycles. The molecule has 194 valence electrons. The number of rotatable bonds is 8. The maximum atomic E-state index is 14.4. The van der Waals surface area contributed by atoms with Crippen LogP contribution < -0.4 is 21.9 Å². The van der Waals surface area contributed by atoms with E-state index in [-0.39, 0.29) is 11.6 Å². The van der Waals surface area contributed by atoms with Crippen molar-refractivity contribution in [3.05, 3.63) is 137 Å². The molecule has 0 fully saturated rings. The fraction of sp³-hybridized carbons (Fsp3) is 0.200. The minimum atomic E-state index is -0.695. The summed E-state index contributed by atoms with van der Waals surface area (Å²) in [6.07, 6.45) is -1.18. The molecule has 0 amide bonds. The van der Waals surface area contributed by atoms with Crippen molar-refractivity contribution in [2.24, 2.45) is 17.2 Å². The minimum Gasteiger partial charge on any atom is -0.497 e. The summed E-state index contributed by atoms with van der Waals surface area (Å²) >= 11 is 0. The van der Waals surface area contributed by atoms with Crippen molar-refractivity contribution in [1.82, 2.24) is 4.90 Å². The SMILES string of the molecule is COc1ccc(CN(C(N)c2ccc(C)cc2)C(N)c2ccccc2F)cc1.NCc1cccc(F)c1. The Morgan fingerprint density at radius 2 is 1.46 bits per heavy atom. The average Bonchev–Trinajstić information content (AvgIpc) is 2.92. The second-order valence-corrected chi connectivity index (χ2v) is 8.68. The molecule has 5 nitrogen and oxygen atoms in total. The van der Waals surface area contributed by atoms with Gasteiger partial charge in [-0.15, -0.1) is 0 Å². The van der Waals surface area contributed by atoms with Gasteiger partial charge in [-0.1, -0.05) is 72.3 Å². The van der Waals surface area contributed by atoms with Crippen LogP contribution >= 0.6 is 0 Å². The van der Waals surface area contributed by atoms with Crippen molar-refractivity contribution < 1.29 is 13.5 Å². The van der Waals surface area contributed by atoms with E-state index in [0.717, 1.165) is 28.0 Å². The Bertz CT molecular complexity index is 1250. The van der Waals surface area contributed by atoms with E-state index in [4.69, 9.17) is 21.9 Å². The molecule has 0 saturated carbocycles. The van der Waals surface area contributed by atoms with E-state index in [9.17, 15) is 8.78 Å². The van der Waals surface area contributed by atoms with E-state index in [1.807, 2.05) is 60.4 Å². The number of hydrogen-bond donors (Lipinski definition) is 3. The number of ether oxygens (including phenoxy) is 1. The summed E-state index contributed by atoms with van der Waals surface area (Å²) < 4.78 is 31.9. The molecule has 0 aliphatic heterocycles. The third-order valence-corrected chi connectivity index (χ3v) is 6.01. The van der Waals surface area contributed by atoms with Crippen molar-refractivity contribution >= 4 is 0 Å². The van der Waals surface area contributed by atoms with Crippen LogP contribution in [0.25, 0.3) is 0 Å². The Kier molecular flexibility index (Phi) is 10.3. The lowest BCUT2D eigenvalue weighted by atomic mass is 10.1. The molecule has 0 bridgehead atoms. The first kappa shape index (κ1) is 28.0. The van der Waals surface area contributed by atoms with Crippen molar-refractivity contribution in [2.45, 2.75) is 32.3 Å². The van der Waals surface area contributed by atoms with E-state index in [1.54, 1.807) is 37.4 Å². The Morgan fingerprint density at radius 3 is 2.03 bits per heavy atom. The molecule has 0 aliphatic carbocycles. The molecule has 2 atom stereocenters. The van der Waals surface area contributed by atoms with Crippen molar-refractivity contribution in [1.29, 1.82) is 0 Å². The van der Waals surface area contributed by atoms with Crippen LogP contribution in [0.5, 0.6) is 5.75 Å². The Hall–Kier alpha value is -3.62. The number of aryl methyl sites for hydroxylation is 1. The van der Waals surface area contributed by atoms with Crippen molar-refractivity contribution in [2.75, 3.05) is 7.11 Å². The summed E-state index contributed by atoms with van der Waals surface area (Å²) in [4.78, 5) is 1.89. The molecule has 4 aromatic rings. The molecule has 6 N–H and O–H groups in total. The van der Waals surface area contributed by atoms with Gasteiger partial charge in [0.05, 0.1) is 19.4 Å². The monoisotopic (exact) mass is 504 g/mol. The van der Waals surface area contributed by atoms with Gasteiger partial charge >= 0.3 is 0 Å². The zero-order chi connectivity index (χ0) is 26.8. The second kappa shape index (κ2) is 13.6.